The Morgan fingerprint density at radius 2 is 2.14 bits per heavy atom. The lowest BCUT2D eigenvalue weighted by Crippen LogP contribution is -2.24. The molecule has 0 amide bonds. The third-order valence-electron chi connectivity index (χ3n) is 2.71. The summed E-state index contributed by atoms with van der Waals surface area (Å²) in [5, 5.41) is 0. The van der Waals surface area contributed by atoms with E-state index in [1.54, 1.807) is 6.42 Å². The maximum atomic E-state index is 2.39. The fraction of sp³-hybridized carbons (Fsp3) is 1.00. The van der Waals surface area contributed by atoms with Gasteiger partial charge in [0.25, 0.3) is 0 Å². The van der Waals surface area contributed by atoms with E-state index in [4.69, 9.17) is 0 Å². The third-order valence-corrected chi connectivity index (χ3v) is 2.71. The Morgan fingerprint density at radius 3 is 2.14 bits per heavy atom. The molecule has 2 rings (SSSR count). The van der Waals surface area contributed by atoms with Crippen molar-refractivity contribution in [1.29, 1.82) is 0 Å². The van der Waals surface area contributed by atoms with Gasteiger partial charge in [0, 0.05) is 0 Å². The van der Waals surface area contributed by atoms with Crippen LogP contribution in [0.5, 0.6) is 0 Å². The number of hydrogen-bond acceptors (Lipinski definition) is 0. The second kappa shape index (κ2) is 0.765. The van der Waals surface area contributed by atoms with Crippen molar-refractivity contribution < 1.29 is 0 Å². The lowest BCUT2D eigenvalue weighted by molar-refractivity contribution is 0.166. The van der Waals surface area contributed by atoms with Crippen molar-refractivity contribution >= 4 is 0 Å². The number of fused-ring (bicyclic) bond motifs is 1. The highest BCUT2D eigenvalue weighted by Crippen LogP contribution is 2.66. The van der Waals surface area contributed by atoms with E-state index in [9.17, 15) is 0 Å². The van der Waals surface area contributed by atoms with Gasteiger partial charge in [-0.2, -0.15) is 0 Å². The summed E-state index contributed by atoms with van der Waals surface area (Å²) in [5.74, 6) is 2.32. The maximum absolute atomic E-state index is 2.39. The van der Waals surface area contributed by atoms with Crippen LogP contribution in [0.1, 0.15) is 26.7 Å². The first-order valence-electron chi connectivity index (χ1n) is 3.20. The second-order valence-electron chi connectivity index (χ2n) is 3.79. The highest BCUT2D eigenvalue weighted by atomic mass is 14.6. The van der Waals surface area contributed by atoms with E-state index >= 15 is 0 Å². The monoisotopic (exact) mass is 96.1 g/mol. The van der Waals surface area contributed by atoms with Crippen molar-refractivity contribution in [1.82, 2.24) is 0 Å². The molecule has 0 aromatic heterocycles. The smallest absolute Gasteiger partial charge is 0.0320 e. The summed E-state index contributed by atoms with van der Waals surface area (Å²) in [4.78, 5) is 0. The quantitative estimate of drug-likeness (QED) is 0.433. The zero-order valence-electron chi connectivity index (χ0n) is 5.07. The minimum absolute atomic E-state index is 0.755. The SMILES string of the molecule is CC1(C)CC2CC21. The fourth-order valence-corrected chi connectivity index (χ4v) is 2.10. The van der Waals surface area contributed by atoms with Crippen LogP contribution in [-0.4, -0.2) is 0 Å². The van der Waals surface area contributed by atoms with Crippen LogP contribution in [-0.2, 0) is 0 Å². The van der Waals surface area contributed by atoms with E-state index in [0.29, 0.717) is 0 Å². The van der Waals surface area contributed by atoms with Gasteiger partial charge in [-0.25, -0.2) is 0 Å². The lowest BCUT2D eigenvalue weighted by atomic mass is 9.72. The summed E-state index contributed by atoms with van der Waals surface area (Å²) in [6.07, 6.45) is 3.06. The topological polar surface area (TPSA) is 0 Å². The Balaban J connectivity index is 2.15. The van der Waals surface area contributed by atoms with Crippen LogP contribution in [0.15, 0.2) is 0 Å². The zero-order valence-corrected chi connectivity index (χ0v) is 5.07. The molecule has 2 atom stereocenters. The highest BCUT2D eigenvalue weighted by molar-refractivity contribution is 5.07. The minimum Gasteiger partial charge on any atom is -0.0596 e. The molecule has 2 saturated carbocycles. The first-order chi connectivity index (χ1) is 3.20. The normalized spacial score (nSPS) is 52.3. The van der Waals surface area contributed by atoms with Gasteiger partial charge in [0.1, 0.15) is 0 Å². The van der Waals surface area contributed by atoms with Gasteiger partial charge in [-0.1, -0.05) is 13.8 Å². The Hall–Kier alpha value is 0. The molecule has 0 bridgehead atoms. The summed E-state index contributed by atoms with van der Waals surface area (Å²) in [7, 11) is 0. The number of hydrogen-bond donors (Lipinski definition) is 0. The molecule has 2 aliphatic carbocycles. The van der Waals surface area contributed by atoms with E-state index < -0.39 is 0 Å². The average Bonchev–Trinajstić information content (AvgIpc) is 2.13. The third kappa shape index (κ3) is 0.332. The van der Waals surface area contributed by atoms with Crippen LogP contribution in [0.3, 0.4) is 0 Å². The van der Waals surface area contributed by atoms with Crippen molar-refractivity contribution in [3.8, 4) is 0 Å². The fourth-order valence-electron chi connectivity index (χ4n) is 2.10. The van der Waals surface area contributed by atoms with Gasteiger partial charge in [0.05, 0.1) is 0 Å². The highest BCUT2D eigenvalue weighted by Gasteiger charge is 2.58. The lowest BCUT2D eigenvalue weighted by Gasteiger charge is -2.33. The van der Waals surface area contributed by atoms with Crippen LogP contribution in [0, 0.1) is 17.3 Å². The molecule has 2 unspecified atom stereocenters. The Kier molecular flexibility index (Phi) is 0.430. The van der Waals surface area contributed by atoms with Crippen LogP contribution < -0.4 is 0 Å². The average molecular weight is 96.2 g/mol. The van der Waals surface area contributed by atoms with Gasteiger partial charge >= 0.3 is 0 Å². The van der Waals surface area contributed by atoms with Gasteiger partial charge in [-0.05, 0) is 30.1 Å². The first-order valence-corrected chi connectivity index (χ1v) is 3.20. The van der Waals surface area contributed by atoms with Crippen molar-refractivity contribution in [2.75, 3.05) is 0 Å². The summed E-state index contributed by atoms with van der Waals surface area (Å²) in [6.45, 7) is 4.78. The predicted molar refractivity (Wildman–Crippen MR) is 30.0 cm³/mol. The molecule has 0 radical (unpaired) electrons. The van der Waals surface area contributed by atoms with Gasteiger partial charge in [0.2, 0.25) is 0 Å². The molecule has 0 heterocycles. The summed E-state index contributed by atoms with van der Waals surface area (Å²) >= 11 is 0. The molecule has 7 heavy (non-hydrogen) atoms. The summed E-state index contributed by atoms with van der Waals surface area (Å²) in [5.41, 5.74) is 0.755. The van der Waals surface area contributed by atoms with E-state index in [2.05, 4.69) is 13.8 Å². The largest absolute Gasteiger partial charge is 0.0596 e. The van der Waals surface area contributed by atoms with E-state index in [1.807, 2.05) is 0 Å². The molecule has 2 fully saturated rings. The van der Waals surface area contributed by atoms with E-state index in [0.717, 1.165) is 11.3 Å². The molecular formula is C7H12. The molecule has 0 saturated heterocycles. The number of rotatable bonds is 0. The van der Waals surface area contributed by atoms with Crippen LogP contribution in [0.2, 0.25) is 0 Å². The van der Waals surface area contributed by atoms with Gasteiger partial charge < -0.3 is 0 Å². The van der Waals surface area contributed by atoms with Gasteiger partial charge in [0.15, 0.2) is 0 Å². The van der Waals surface area contributed by atoms with Crippen molar-refractivity contribution in [2.45, 2.75) is 26.7 Å². The minimum atomic E-state index is 0.755. The molecule has 2 aliphatic rings. The van der Waals surface area contributed by atoms with E-state index in [1.165, 1.54) is 12.3 Å². The Bertz CT molecular complexity index is 103. The van der Waals surface area contributed by atoms with Crippen LogP contribution in [0.4, 0.5) is 0 Å². The molecule has 0 heteroatoms. The van der Waals surface area contributed by atoms with Crippen molar-refractivity contribution in [3.05, 3.63) is 0 Å². The molecule has 40 valence electrons. The second-order valence-corrected chi connectivity index (χ2v) is 3.79. The van der Waals surface area contributed by atoms with Gasteiger partial charge in [-0.15, -0.1) is 0 Å². The van der Waals surface area contributed by atoms with Crippen molar-refractivity contribution in [3.63, 3.8) is 0 Å². The Labute approximate surface area is 44.9 Å². The summed E-state index contributed by atoms with van der Waals surface area (Å²) < 4.78 is 0. The molecule has 0 nitrogen and oxygen atoms in total. The molecule has 0 aromatic carbocycles. The van der Waals surface area contributed by atoms with E-state index in [-0.39, 0.29) is 0 Å². The Morgan fingerprint density at radius 1 is 1.43 bits per heavy atom. The molecule has 0 spiro atoms. The molecular weight excluding hydrogens is 84.1 g/mol. The molecule has 0 N–H and O–H groups in total. The maximum Gasteiger partial charge on any atom is -0.0320 e. The summed E-state index contributed by atoms with van der Waals surface area (Å²) in [6, 6.07) is 0. The standard InChI is InChI=1S/C7H12/c1-7(2)4-5-3-6(5)7/h5-6H,3-4H2,1-2H3. The van der Waals surface area contributed by atoms with Gasteiger partial charge in [-0.3, -0.25) is 0 Å². The predicted octanol–water partition coefficient (Wildman–Crippen LogP) is 2.05. The molecule has 0 aliphatic heterocycles. The van der Waals surface area contributed by atoms with Crippen LogP contribution in [0.25, 0.3) is 0 Å². The molecule has 0 aromatic rings. The zero-order chi connectivity index (χ0) is 5.07. The van der Waals surface area contributed by atoms with Crippen LogP contribution >= 0.6 is 0 Å². The van der Waals surface area contributed by atoms with Crippen molar-refractivity contribution in [2.24, 2.45) is 17.3 Å². The first kappa shape index (κ1) is 3.94.